The maximum absolute atomic E-state index is 12.9. The van der Waals surface area contributed by atoms with E-state index >= 15 is 0 Å². The van der Waals surface area contributed by atoms with Crippen molar-refractivity contribution in [3.8, 4) is 0 Å². The van der Waals surface area contributed by atoms with E-state index in [0.29, 0.717) is 5.41 Å². The van der Waals surface area contributed by atoms with Crippen LogP contribution >= 0.6 is 0 Å². The van der Waals surface area contributed by atoms with Gasteiger partial charge < -0.3 is 15.5 Å². The highest BCUT2D eigenvalue weighted by atomic mass is 16.2. The minimum absolute atomic E-state index is 0.155. The molecule has 2 aliphatic heterocycles. The summed E-state index contributed by atoms with van der Waals surface area (Å²) in [6.45, 7) is 9.03. The largest absolute Gasteiger partial charge is 0.337 e. The third-order valence-electron chi connectivity index (χ3n) is 5.26. The molecule has 3 rings (SSSR count). The van der Waals surface area contributed by atoms with E-state index in [2.05, 4.69) is 20.6 Å². The molecule has 0 aromatic carbocycles. The molecule has 136 valence electrons. The van der Waals surface area contributed by atoms with E-state index in [-0.39, 0.29) is 23.3 Å². The molecular formula is C18H27N5O2. The van der Waals surface area contributed by atoms with Crippen LogP contribution in [0.5, 0.6) is 0 Å². The number of likely N-dealkylation sites (tertiary alicyclic amines) is 1. The lowest BCUT2D eigenvalue weighted by atomic mass is 9.78. The second-order valence-corrected chi connectivity index (χ2v) is 8.18. The summed E-state index contributed by atoms with van der Waals surface area (Å²) in [6.07, 6.45) is 6.19. The summed E-state index contributed by atoms with van der Waals surface area (Å²) in [5.74, 6) is -0.0926. The minimum atomic E-state index is -0.565. The van der Waals surface area contributed by atoms with Crippen molar-refractivity contribution in [3.05, 3.63) is 18.1 Å². The number of hydrogen-bond acceptors (Lipinski definition) is 5. The molecule has 1 aromatic rings. The van der Waals surface area contributed by atoms with Crippen molar-refractivity contribution in [3.63, 3.8) is 0 Å². The Morgan fingerprint density at radius 3 is 2.44 bits per heavy atom. The fourth-order valence-corrected chi connectivity index (χ4v) is 3.44. The summed E-state index contributed by atoms with van der Waals surface area (Å²) in [5, 5.41) is 6.18. The number of carbonyl (C=O) groups excluding carboxylic acids is 2. The first-order valence-electron chi connectivity index (χ1n) is 8.93. The lowest BCUT2D eigenvalue weighted by Crippen LogP contribution is -2.44. The van der Waals surface area contributed by atoms with Crippen LogP contribution in [0.1, 0.15) is 50.5 Å². The van der Waals surface area contributed by atoms with Crippen LogP contribution in [-0.4, -0.2) is 52.9 Å². The Bertz CT molecular complexity index is 652. The Kier molecular flexibility index (Phi) is 4.77. The maximum atomic E-state index is 12.9. The molecule has 1 aromatic heterocycles. The Morgan fingerprint density at radius 2 is 1.84 bits per heavy atom. The van der Waals surface area contributed by atoms with Gasteiger partial charge in [-0.05, 0) is 31.2 Å². The zero-order valence-corrected chi connectivity index (χ0v) is 15.3. The number of anilines is 1. The van der Waals surface area contributed by atoms with E-state index in [4.69, 9.17) is 0 Å². The van der Waals surface area contributed by atoms with E-state index in [1.807, 2.05) is 25.7 Å². The first-order chi connectivity index (χ1) is 11.8. The highest BCUT2D eigenvalue weighted by Gasteiger charge is 2.38. The summed E-state index contributed by atoms with van der Waals surface area (Å²) in [6, 6.07) is 0. The zero-order valence-electron chi connectivity index (χ0n) is 15.3. The van der Waals surface area contributed by atoms with E-state index in [9.17, 15) is 9.59 Å². The fourth-order valence-electron chi connectivity index (χ4n) is 3.44. The summed E-state index contributed by atoms with van der Waals surface area (Å²) in [4.78, 5) is 35.4. The van der Waals surface area contributed by atoms with Crippen molar-refractivity contribution in [2.24, 2.45) is 10.8 Å². The normalized spacial score (nSPS) is 19.9. The smallest absolute Gasteiger partial charge is 0.276 e. The second-order valence-electron chi connectivity index (χ2n) is 8.18. The van der Waals surface area contributed by atoms with E-state index < -0.39 is 5.41 Å². The maximum Gasteiger partial charge on any atom is 0.276 e. The molecule has 0 bridgehead atoms. The molecule has 2 saturated heterocycles. The molecule has 0 saturated carbocycles. The Balaban J connectivity index is 1.71. The number of piperidine rings is 1. The van der Waals surface area contributed by atoms with Gasteiger partial charge in [0.15, 0.2) is 11.5 Å². The highest BCUT2D eigenvalue weighted by Crippen LogP contribution is 2.37. The van der Waals surface area contributed by atoms with Gasteiger partial charge in [-0.2, -0.15) is 0 Å². The van der Waals surface area contributed by atoms with Gasteiger partial charge in [0, 0.05) is 37.4 Å². The van der Waals surface area contributed by atoms with Crippen molar-refractivity contribution in [2.45, 2.75) is 40.0 Å². The Hall–Kier alpha value is -2.02. The van der Waals surface area contributed by atoms with Crippen molar-refractivity contribution in [1.82, 2.24) is 20.2 Å². The van der Waals surface area contributed by atoms with E-state index in [1.54, 1.807) is 0 Å². The summed E-state index contributed by atoms with van der Waals surface area (Å²) in [7, 11) is 0. The molecule has 2 fully saturated rings. The molecule has 0 radical (unpaired) electrons. The van der Waals surface area contributed by atoms with Gasteiger partial charge in [0.1, 0.15) is 0 Å². The van der Waals surface area contributed by atoms with Crippen LogP contribution in [0.25, 0.3) is 0 Å². The third kappa shape index (κ3) is 3.81. The van der Waals surface area contributed by atoms with Gasteiger partial charge in [0.2, 0.25) is 5.91 Å². The SMILES string of the molecule is CC(C)(C)C(=O)Nc1nccnc1C(=O)N1CCC2(CCNC2)CC1. The Morgan fingerprint density at radius 1 is 1.16 bits per heavy atom. The summed E-state index contributed by atoms with van der Waals surface area (Å²) in [5.41, 5.74) is 0.00774. The summed E-state index contributed by atoms with van der Waals surface area (Å²) < 4.78 is 0. The molecule has 25 heavy (non-hydrogen) atoms. The van der Waals surface area contributed by atoms with Gasteiger partial charge in [0.25, 0.3) is 5.91 Å². The number of amides is 2. The topological polar surface area (TPSA) is 87.2 Å². The lowest BCUT2D eigenvalue weighted by Gasteiger charge is -2.38. The quantitative estimate of drug-likeness (QED) is 0.851. The lowest BCUT2D eigenvalue weighted by molar-refractivity contribution is -0.123. The van der Waals surface area contributed by atoms with Crippen LogP contribution in [0.15, 0.2) is 12.4 Å². The molecule has 0 unspecified atom stereocenters. The first-order valence-corrected chi connectivity index (χ1v) is 8.93. The Labute approximate surface area is 148 Å². The number of hydrogen-bond donors (Lipinski definition) is 2. The van der Waals surface area contributed by atoms with Gasteiger partial charge in [-0.1, -0.05) is 20.8 Å². The molecule has 7 heteroatoms. The second kappa shape index (κ2) is 6.71. The molecule has 0 aliphatic carbocycles. The van der Waals surface area contributed by atoms with Crippen LogP contribution < -0.4 is 10.6 Å². The summed E-state index contributed by atoms with van der Waals surface area (Å²) >= 11 is 0. The minimum Gasteiger partial charge on any atom is -0.337 e. The van der Waals surface area contributed by atoms with Crippen molar-refractivity contribution in [1.29, 1.82) is 0 Å². The molecule has 1 spiro atoms. The molecule has 2 amide bonds. The third-order valence-corrected chi connectivity index (χ3v) is 5.26. The number of aromatic nitrogens is 2. The van der Waals surface area contributed by atoms with E-state index in [0.717, 1.165) is 39.0 Å². The number of nitrogens with zero attached hydrogens (tertiary/aromatic N) is 3. The zero-order chi connectivity index (χ0) is 18.1. The van der Waals surface area contributed by atoms with Crippen LogP contribution in [0.4, 0.5) is 5.82 Å². The molecule has 3 heterocycles. The van der Waals surface area contributed by atoms with Gasteiger partial charge in [0.05, 0.1) is 0 Å². The van der Waals surface area contributed by atoms with Crippen LogP contribution in [0.3, 0.4) is 0 Å². The predicted octanol–water partition coefficient (Wildman–Crippen LogP) is 1.68. The molecule has 2 N–H and O–H groups in total. The molecule has 2 aliphatic rings. The van der Waals surface area contributed by atoms with E-state index in [1.165, 1.54) is 18.8 Å². The van der Waals surface area contributed by atoms with Gasteiger partial charge in [-0.25, -0.2) is 9.97 Å². The van der Waals surface area contributed by atoms with Gasteiger partial charge >= 0.3 is 0 Å². The number of carbonyl (C=O) groups is 2. The first kappa shape index (κ1) is 17.8. The predicted molar refractivity (Wildman–Crippen MR) is 95.2 cm³/mol. The number of nitrogens with one attached hydrogen (secondary N) is 2. The average molecular weight is 345 g/mol. The van der Waals surface area contributed by atoms with Crippen molar-refractivity contribution in [2.75, 3.05) is 31.5 Å². The molecule has 0 atom stereocenters. The standard InChI is InChI=1S/C18H27N5O2/c1-17(2,3)16(25)22-14-13(20-8-9-21-14)15(24)23-10-5-18(6-11-23)4-7-19-12-18/h8-9,19H,4-7,10-12H2,1-3H3,(H,21,22,25). The van der Waals surface area contributed by atoms with Crippen LogP contribution in [-0.2, 0) is 4.79 Å². The van der Waals surface area contributed by atoms with Crippen LogP contribution in [0.2, 0.25) is 0 Å². The van der Waals surface area contributed by atoms with Crippen molar-refractivity contribution < 1.29 is 9.59 Å². The molecular weight excluding hydrogens is 318 g/mol. The highest BCUT2D eigenvalue weighted by molar-refractivity contribution is 6.02. The fraction of sp³-hybridized carbons (Fsp3) is 0.667. The number of rotatable bonds is 2. The molecule has 7 nitrogen and oxygen atoms in total. The van der Waals surface area contributed by atoms with Crippen LogP contribution in [0, 0.1) is 10.8 Å². The average Bonchev–Trinajstić information content (AvgIpc) is 3.03. The van der Waals surface area contributed by atoms with Crippen molar-refractivity contribution >= 4 is 17.6 Å². The van der Waals surface area contributed by atoms with Gasteiger partial charge in [-0.15, -0.1) is 0 Å². The monoisotopic (exact) mass is 345 g/mol. The van der Waals surface area contributed by atoms with Gasteiger partial charge in [-0.3, -0.25) is 9.59 Å².